The Hall–Kier alpha value is -0.770. The molecule has 2 rings (SSSR count). The van der Waals surface area contributed by atoms with E-state index in [1.165, 1.54) is 0 Å². The predicted octanol–water partition coefficient (Wildman–Crippen LogP) is 4.37. The highest BCUT2D eigenvalue weighted by atomic mass is 35.5. The largest absolute Gasteiger partial charge is 0.356 e. The number of halogens is 2. The first-order chi connectivity index (χ1) is 11.0. The third kappa shape index (κ3) is 5.66. The topological polar surface area (TPSA) is 32.3 Å². The van der Waals surface area contributed by atoms with Crippen molar-refractivity contribution in [1.29, 1.82) is 0 Å². The van der Waals surface area contributed by atoms with Crippen LogP contribution in [0.15, 0.2) is 18.2 Å². The van der Waals surface area contributed by atoms with Gasteiger partial charge in [-0.25, -0.2) is 0 Å². The lowest BCUT2D eigenvalue weighted by Crippen LogP contribution is -2.43. The standard InChI is InChI=1S/C18H26Cl2N2O/c1-13(2)8-9-21-18(23)14-5-4-10-22(11-14)12-15-16(19)6-3-7-17(15)20/h3,6-7,13-14H,4-5,8-12H2,1-2H3,(H,21,23)/t14-/m1/s1. The van der Waals surface area contributed by atoms with Crippen LogP contribution in [-0.2, 0) is 11.3 Å². The van der Waals surface area contributed by atoms with Gasteiger partial charge in [0.2, 0.25) is 5.91 Å². The highest BCUT2D eigenvalue weighted by molar-refractivity contribution is 6.35. The smallest absolute Gasteiger partial charge is 0.224 e. The second-order valence-electron chi connectivity index (χ2n) is 6.75. The molecule has 1 amide bonds. The van der Waals surface area contributed by atoms with Gasteiger partial charge in [-0.05, 0) is 43.9 Å². The van der Waals surface area contributed by atoms with E-state index in [-0.39, 0.29) is 11.8 Å². The number of carbonyl (C=O) groups excluding carboxylic acids is 1. The minimum Gasteiger partial charge on any atom is -0.356 e. The number of benzene rings is 1. The summed E-state index contributed by atoms with van der Waals surface area (Å²) < 4.78 is 0. The van der Waals surface area contributed by atoms with Crippen molar-refractivity contribution in [3.63, 3.8) is 0 Å². The van der Waals surface area contributed by atoms with E-state index < -0.39 is 0 Å². The molecular weight excluding hydrogens is 331 g/mol. The Bertz CT molecular complexity index is 514. The summed E-state index contributed by atoms with van der Waals surface area (Å²) in [6.07, 6.45) is 3.02. The average molecular weight is 357 g/mol. The van der Waals surface area contributed by atoms with E-state index in [0.29, 0.717) is 22.5 Å². The van der Waals surface area contributed by atoms with Crippen LogP contribution in [0, 0.1) is 11.8 Å². The minimum atomic E-state index is 0.0668. The van der Waals surface area contributed by atoms with Gasteiger partial charge in [-0.1, -0.05) is 43.1 Å². The molecule has 1 heterocycles. The first-order valence-electron chi connectivity index (χ1n) is 8.40. The number of carbonyl (C=O) groups is 1. The lowest BCUT2D eigenvalue weighted by Gasteiger charge is -2.32. The van der Waals surface area contributed by atoms with Crippen LogP contribution in [0.5, 0.6) is 0 Å². The maximum absolute atomic E-state index is 12.3. The lowest BCUT2D eigenvalue weighted by molar-refractivity contribution is -0.126. The molecule has 1 aromatic carbocycles. The molecule has 1 aromatic rings. The van der Waals surface area contributed by atoms with Crippen molar-refractivity contribution in [3.8, 4) is 0 Å². The van der Waals surface area contributed by atoms with E-state index in [9.17, 15) is 4.79 Å². The fraction of sp³-hybridized carbons (Fsp3) is 0.611. The molecule has 0 aromatic heterocycles. The molecule has 0 radical (unpaired) electrons. The maximum Gasteiger partial charge on any atom is 0.224 e. The summed E-state index contributed by atoms with van der Waals surface area (Å²) in [6, 6.07) is 5.58. The normalized spacial score (nSPS) is 19.1. The predicted molar refractivity (Wildman–Crippen MR) is 96.9 cm³/mol. The fourth-order valence-corrected chi connectivity index (χ4v) is 3.47. The molecule has 1 fully saturated rings. The summed E-state index contributed by atoms with van der Waals surface area (Å²) in [6.45, 7) is 7.56. The number of rotatable bonds is 6. The summed E-state index contributed by atoms with van der Waals surface area (Å²) in [5.74, 6) is 0.860. The van der Waals surface area contributed by atoms with Crippen LogP contribution in [0.4, 0.5) is 0 Å². The SMILES string of the molecule is CC(C)CCNC(=O)[C@@H]1CCCN(Cc2c(Cl)cccc2Cl)C1. The minimum absolute atomic E-state index is 0.0668. The Morgan fingerprint density at radius 1 is 1.35 bits per heavy atom. The Labute approximate surface area is 149 Å². The molecule has 0 unspecified atom stereocenters. The second kappa shape index (κ2) is 8.91. The maximum atomic E-state index is 12.3. The van der Waals surface area contributed by atoms with Gasteiger partial charge in [0.25, 0.3) is 0 Å². The number of likely N-dealkylation sites (tertiary alicyclic amines) is 1. The van der Waals surface area contributed by atoms with Gasteiger partial charge in [0.1, 0.15) is 0 Å². The summed E-state index contributed by atoms with van der Waals surface area (Å²) in [5.41, 5.74) is 0.955. The summed E-state index contributed by atoms with van der Waals surface area (Å²) in [7, 11) is 0. The second-order valence-corrected chi connectivity index (χ2v) is 7.56. The number of nitrogens with zero attached hydrogens (tertiary/aromatic N) is 1. The van der Waals surface area contributed by atoms with Gasteiger partial charge in [0.05, 0.1) is 5.92 Å². The van der Waals surface area contributed by atoms with Crippen molar-refractivity contribution in [1.82, 2.24) is 10.2 Å². The van der Waals surface area contributed by atoms with E-state index in [1.54, 1.807) is 0 Å². The number of nitrogens with one attached hydrogen (secondary N) is 1. The van der Waals surface area contributed by atoms with Crippen LogP contribution in [0.25, 0.3) is 0 Å². The van der Waals surface area contributed by atoms with Crippen molar-refractivity contribution >= 4 is 29.1 Å². The van der Waals surface area contributed by atoms with E-state index in [0.717, 1.165) is 44.5 Å². The van der Waals surface area contributed by atoms with Gasteiger partial charge in [-0.3, -0.25) is 9.69 Å². The zero-order valence-corrected chi connectivity index (χ0v) is 15.5. The Balaban J connectivity index is 1.89. The first-order valence-corrected chi connectivity index (χ1v) is 9.16. The molecule has 0 saturated carbocycles. The Kier molecular flexibility index (Phi) is 7.19. The van der Waals surface area contributed by atoms with Crippen LogP contribution in [0.1, 0.15) is 38.7 Å². The van der Waals surface area contributed by atoms with Crippen LogP contribution in [-0.4, -0.2) is 30.4 Å². The zero-order chi connectivity index (χ0) is 16.8. The third-order valence-corrected chi connectivity index (χ3v) is 5.05. The van der Waals surface area contributed by atoms with Crippen molar-refractivity contribution < 1.29 is 4.79 Å². The molecular formula is C18H26Cl2N2O. The number of amides is 1. The third-order valence-electron chi connectivity index (χ3n) is 4.34. The lowest BCUT2D eigenvalue weighted by atomic mass is 9.96. The molecule has 23 heavy (non-hydrogen) atoms. The molecule has 1 atom stereocenters. The molecule has 1 saturated heterocycles. The fourth-order valence-electron chi connectivity index (χ4n) is 2.95. The van der Waals surface area contributed by atoms with E-state index in [2.05, 4.69) is 24.1 Å². The summed E-state index contributed by atoms with van der Waals surface area (Å²) in [4.78, 5) is 14.6. The van der Waals surface area contributed by atoms with Crippen molar-refractivity contribution in [3.05, 3.63) is 33.8 Å². The summed E-state index contributed by atoms with van der Waals surface area (Å²) in [5, 5.41) is 4.46. The van der Waals surface area contributed by atoms with Crippen LogP contribution >= 0.6 is 23.2 Å². The monoisotopic (exact) mass is 356 g/mol. The van der Waals surface area contributed by atoms with Crippen LogP contribution in [0.2, 0.25) is 10.0 Å². The molecule has 1 aliphatic heterocycles. The van der Waals surface area contributed by atoms with Gasteiger partial charge in [-0.2, -0.15) is 0 Å². The van der Waals surface area contributed by atoms with Gasteiger partial charge in [-0.15, -0.1) is 0 Å². The van der Waals surface area contributed by atoms with Gasteiger partial charge in [0.15, 0.2) is 0 Å². The first kappa shape index (κ1) is 18.6. The number of hydrogen-bond acceptors (Lipinski definition) is 2. The molecule has 0 aliphatic carbocycles. The average Bonchev–Trinajstić information content (AvgIpc) is 2.51. The van der Waals surface area contributed by atoms with Gasteiger partial charge in [0, 0.05) is 35.2 Å². The zero-order valence-electron chi connectivity index (χ0n) is 13.9. The van der Waals surface area contributed by atoms with Crippen molar-refractivity contribution in [2.45, 2.75) is 39.7 Å². The number of hydrogen-bond donors (Lipinski definition) is 1. The molecule has 0 spiro atoms. The van der Waals surface area contributed by atoms with Gasteiger partial charge < -0.3 is 5.32 Å². The van der Waals surface area contributed by atoms with E-state index in [1.807, 2.05) is 18.2 Å². The molecule has 128 valence electrons. The van der Waals surface area contributed by atoms with E-state index in [4.69, 9.17) is 23.2 Å². The number of piperidine rings is 1. The Morgan fingerprint density at radius 2 is 2.04 bits per heavy atom. The molecule has 3 nitrogen and oxygen atoms in total. The van der Waals surface area contributed by atoms with Crippen LogP contribution < -0.4 is 5.32 Å². The molecule has 0 bridgehead atoms. The quantitative estimate of drug-likeness (QED) is 0.820. The molecule has 5 heteroatoms. The highest BCUT2D eigenvalue weighted by Crippen LogP contribution is 2.27. The molecule has 1 aliphatic rings. The van der Waals surface area contributed by atoms with Crippen LogP contribution in [0.3, 0.4) is 0 Å². The Morgan fingerprint density at radius 3 is 2.70 bits per heavy atom. The van der Waals surface area contributed by atoms with E-state index >= 15 is 0 Å². The van der Waals surface area contributed by atoms with Gasteiger partial charge >= 0.3 is 0 Å². The molecule has 1 N–H and O–H groups in total. The van der Waals surface area contributed by atoms with Crippen molar-refractivity contribution in [2.24, 2.45) is 11.8 Å². The summed E-state index contributed by atoms with van der Waals surface area (Å²) >= 11 is 12.5. The highest BCUT2D eigenvalue weighted by Gasteiger charge is 2.26. The van der Waals surface area contributed by atoms with Crippen molar-refractivity contribution in [2.75, 3.05) is 19.6 Å².